The minimum atomic E-state index is -4.42. The summed E-state index contributed by atoms with van der Waals surface area (Å²) in [6.45, 7) is 0. The average Bonchev–Trinajstić information content (AvgIpc) is 3.15. The fourth-order valence-electron chi connectivity index (χ4n) is 1.95. The number of carbonyl (C=O) groups excluding carboxylic acids is 1. The van der Waals surface area contributed by atoms with Gasteiger partial charge in [0.2, 0.25) is 5.89 Å². The second-order valence-electron chi connectivity index (χ2n) is 4.78. The van der Waals surface area contributed by atoms with Crippen molar-refractivity contribution in [1.82, 2.24) is 20.0 Å². The number of halogens is 3. The lowest BCUT2D eigenvalue weighted by atomic mass is 10.1. The molecule has 3 rings (SSSR count). The highest BCUT2D eigenvalue weighted by atomic mass is 19.4. The molecular weight excluding hydrogens is 327 g/mol. The first-order valence-electron chi connectivity index (χ1n) is 6.65. The zero-order valence-electron chi connectivity index (χ0n) is 12.2. The molecule has 1 amide bonds. The Morgan fingerprint density at radius 1 is 1.17 bits per heavy atom. The van der Waals surface area contributed by atoms with Crippen LogP contribution in [0.3, 0.4) is 0 Å². The molecule has 124 valence electrons. The van der Waals surface area contributed by atoms with E-state index in [4.69, 9.17) is 4.42 Å². The summed E-state index contributed by atoms with van der Waals surface area (Å²) < 4.78 is 44.2. The van der Waals surface area contributed by atoms with Crippen molar-refractivity contribution in [3.05, 3.63) is 47.8 Å². The van der Waals surface area contributed by atoms with E-state index in [0.717, 1.165) is 12.1 Å². The molecule has 0 bridgehead atoms. The van der Waals surface area contributed by atoms with Gasteiger partial charge in [-0.2, -0.15) is 18.3 Å². The number of aromatic nitrogens is 4. The van der Waals surface area contributed by atoms with Crippen LogP contribution in [0, 0.1) is 0 Å². The minimum Gasteiger partial charge on any atom is -0.403 e. The molecule has 0 fully saturated rings. The molecule has 1 N–H and O–H groups in total. The van der Waals surface area contributed by atoms with E-state index < -0.39 is 17.6 Å². The van der Waals surface area contributed by atoms with Gasteiger partial charge in [0.05, 0.1) is 5.56 Å². The number of nitrogens with zero attached hydrogens (tertiary/aromatic N) is 4. The number of alkyl halides is 3. The summed E-state index contributed by atoms with van der Waals surface area (Å²) in [4.78, 5) is 12.0. The molecule has 0 atom stereocenters. The summed E-state index contributed by atoms with van der Waals surface area (Å²) in [5.41, 5.74) is -0.198. The molecule has 10 heteroatoms. The van der Waals surface area contributed by atoms with Gasteiger partial charge in [-0.1, -0.05) is 5.10 Å². The Morgan fingerprint density at radius 3 is 2.46 bits per heavy atom. The molecule has 2 aromatic heterocycles. The van der Waals surface area contributed by atoms with Crippen molar-refractivity contribution in [2.45, 2.75) is 6.18 Å². The van der Waals surface area contributed by atoms with Crippen LogP contribution in [0.2, 0.25) is 0 Å². The second kappa shape index (κ2) is 5.80. The largest absolute Gasteiger partial charge is 0.416 e. The Kier molecular flexibility index (Phi) is 3.80. The topological polar surface area (TPSA) is 85.8 Å². The Labute approximate surface area is 133 Å². The molecular formula is C14H10F3N5O2. The van der Waals surface area contributed by atoms with E-state index in [9.17, 15) is 18.0 Å². The normalized spacial score (nSPS) is 11.5. The monoisotopic (exact) mass is 337 g/mol. The maximum atomic E-state index is 12.5. The molecule has 0 aliphatic rings. The highest BCUT2D eigenvalue weighted by Crippen LogP contribution is 2.30. The smallest absolute Gasteiger partial charge is 0.403 e. The van der Waals surface area contributed by atoms with E-state index in [1.165, 1.54) is 29.1 Å². The lowest BCUT2D eigenvalue weighted by Gasteiger charge is -2.05. The van der Waals surface area contributed by atoms with E-state index >= 15 is 0 Å². The van der Waals surface area contributed by atoms with Gasteiger partial charge in [-0.05, 0) is 30.3 Å². The minimum absolute atomic E-state index is 0.0102. The van der Waals surface area contributed by atoms with Gasteiger partial charge in [-0.25, -0.2) is 0 Å². The van der Waals surface area contributed by atoms with Crippen LogP contribution in [-0.4, -0.2) is 25.9 Å². The Balaban J connectivity index is 1.76. The van der Waals surface area contributed by atoms with Gasteiger partial charge < -0.3 is 4.42 Å². The molecule has 0 aliphatic heterocycles. The highest BCUT2D eigenvalue weighted by molar-refractivity contribution is 6.01. The third-order valence-corrected chi connectivity index (χ3v) is 3.16. The first-order valence-corrected chi connectivity index (χ1v) is 6.65. The Bertz CT molecular complexity index is 867. The number of carbonyl (C=O) groups is 1. The van der Waals surface area contributed by atoms with Gasteiger partial charge in [-0.3, -0.25) is 14.8 Å². The first kappa shape index (κ1) is 15.7. The van der Waals surface area contributed by atoms with Crippen LogP contribution >= 0.6 is 0 Å². The van der Waals surface area contributed by atoms with Gasteiger partial charge in [0, 0.05) is 18.8 Å². The van der Waals surface area contributed by atoms with Crippen molar-refractivity contribution in [2.75, 3.05) is 5.32 Å². The molecule has 0 saturated carbocycles. The molecule has 0 saturated heterocycles. The molecule has 0 aliphatic carbocycles. The van der Waals surface area contributed by atoms with E-state index in [0.29, 0.717) is 5.56 Å². The van der Waals surface area contributed by atoms with Gasteiger partial charge in [0.15, 0.2) is 0 Å². The summed E-state index contributed by atoms with van der Waals surface area (Å²) >= 11 is 0. The molecule has 0 radical (unpaired) electrons. The predicted molar refractivity (Wildman–Crippen MR) is 75.9 cm³/mol. The number of amides is 1. The summed E-state index contributed by atoms with van der Waals surface area (Å²) in [5.74, 6) is -0.512. The molecule has 7 nitrogen and oxygen atoms in total. The fraction of sp³-hybridized carbons (Fsp3) is 0.143. The van der Waals surface area contributed by atoms with Crippen molar-refractivity contribution in [2.24, 2.45) is 7.05 Å². The third kappa shape index (κ3) is 3.12. The number of rotatable bonds is 3. The molecule has 2 heterocycles. The number of nitrogens with one attached hydrogen (secondary N) is 1. The molecule has 1 aromatic carbocycles. The Morgan fingerprint density at radius 2 is 1.88 bits per heavy atom. The van der Waals surface area contributed by atoms with E-state index in [2.05, 4.69) is 20.6 Å². The van der Waals surface area contributed by atoms with Crippen LogP contribution in [-0.2, 0) is 13.2 Å². The van der Waals surface area contributed by atoms with Crippen molar-refractivity contribution >= 4 is 11.9 Å². The third-order valence-electron chi connectivity index (χ3n) is 3.16. The van der Waals surface area contributed by atoms with E-state index in [1.54, 1.807) is 7.05 Å². The molecule has 24 heavy (non-hydrogen) atoms. The van der Waals surface area contributed by atoms with Gasteiger partial charge in [0.1, 0.15) is 5.69 Å². The first-order chi connectivity index (χ1) is 11.3. The van der Waals surface area contributed by atoms with Crippen molar-refractivity contribution < 1.29 is 22.4 Å². The van der Waals surface area contributed by atoms with Crippen molar-refractivity contribution in [3.63, 3.8) is 0 Å². The zero-order chi connectivity index (χ0) is 17.3. The maximum absolute atomic E-state index is 12.5. The van der Waals surface area contributed by atoms with Crippen LogP contribution in [0.5, 0.6) is 0 Å². The Hall–Kier alpha value is -3.17. The lowest BCUT2D eigenvalue weighted by molar-refractivity contribution is -0.137. The van der Waals surface area contributed by atoms with Gasteiger partial charge in [0.25, 0.3) is 5.91 Å². The number of anilines is 1. The van der Waals surface area contributed by atoms with Crippen LogP contribution in [0.25, 0.3) is 11.5 Å². The van der Waals surface area contributed by atoms with Crippen molar-refractivity contribution in [1.29, 1.82) is 0 Å². The molecule has 0 unspecified atom stereocenters. The number of hydrogen-bond acceptors (Lipinski definition) is 5. The summed E-state index contributed by atoms with van der Waals surface area (Å²) in [6, 6.07) is 5.58. The number of hydrogen-bond donors (Lipinski definition) is 1. The zero-order valence-corrected chi connectivity index (χ0v) is 12.2. The fourth-order valence-corrected chi connectivity index (χ4v) is 1.95. The standard InChI is InChI=1S/C14H10F3N5O2/c1-22-10(6-7-18-22)11(23)19-13-21-20-12(24-13)8-2-4-9(5-3-8)14(15,16)17/h2-7H,1H3,(H,19,21,23). The van der Waals surface area contributed by atoms with Crippen LogP contribution < -0.4 is 5.32 Å². The maximum Gasteiger partial charge on any atom is 0.416 e. The quantitative estimate of drug-likeness (QED) is 0.794. The average molecular weight is 337 g/mol. The van der Waals surface area contributed by atoms with Crippen molar-refractivity contribution in [3.8, 4) is 11.5 Å². The number of benzene rings is 1. The predicted octanol–water partition coefficient (Wildman–Crippen LogP) is 2.74. The van der Waals surface area contributed by atoms with E-state index in [-0.39, 0.29) is 17.6 Å². The SMILES string of the molecule is Cn1nccc1C(=O)Nc1nnc(-c2ccc(C(F)(F)F)cc2)o1. The van der Waals surface area contributed by atoms with E-state index in [1.807, 2.05) is 0 Å². The summed E-state index contributed by atoms with van der Waals surface area (Å²) in [5, 5.41) is 13.6. The molecule has 0 spiro atoms. The van der Waals surface area contributed by atoms with Gasteiger partial charge >= 0.3 is 12.2 Å². The van der Waals surface area contributed by atoms with Crippen LogP contribution in [0.15, 0.2) is 40.9 Å². The lowest BCUT2D eigenvalue weighted by Crippen LogP contribution is -2.16. The highest BCUT2D eigenvalue weighted by Gasteiger charge is 2.30. The number of aryl methyl sites for hydroxylation is 1. The second-order valence-corrected chi connectivity index (χ2v) is 4.78. The van der Waals surface area contributed by atoms with Gasteiger partial charge in [-0.15, -0.1) is 5.10 Å². The summed E-state index contributed by atoms with van der Waals surface area (Å²) in [6.07, 6.45) is -2.97. The molecule has 3 aromatic rings. The van der Waals surface area contributed by atoms with Crippen LogP contribution in [0.1, 0.15) is 16.1 Å². The van der Waals surface area contributed by atoms with Crippen LogP contribution in [0.4, 0.5) is 19.2 Å². The summed E-state index contributed by atoms with van der Waals surface area (Å²) in [7, 11) is 1.59.